The number of carbonyl (C=O) groups is 1. The fraction of sp³-hybridized carbons (Fsp3) is 0.515. The minimum absolute atomic E-state index is 0.126. The summed E-state index contributed by atoms with van der Waals surface area (Å²) in [4.78, 5) is 20.7. The highest BCUT2D eigenvalue weighted by molar-refractivity contribution is 6.32. The summed E-state index contributed by atoms with van der Waals surface area (Å²) in [7, 11) is 1.65. The summed E-state index contributed by atoms with van der Waals surface area (Å²) < 4.78 is 5.33. The highest BCUT2D eigenvalue weighted by Gasteiger charge is 2.31. The summed E-state index contributed by atoms with van der Waals surface area (Å²) >= 11 is 6.42. The molecule has 2 aromatic rings. The lowest BCUT2D eigenvalue weighted by atomic mass is 9.78. The zero-order valence-electron chi connectivity index (χ0n) is 23.2. The number of aliphatic imine (C=N–C) groups is 1. The van der Waals surface area contributed by atoms with Gasteiger partial charge in [-0.15, -0.1) is 0 Å². The van der Waals surface area contributed by atoms with Crippen LogP contribution in [0.1, 0.15) is 87.7 Å². The number of amides is 1. The Balaban J connectivity index is 1.32. The Morgan fingerprint density at radius 1 is 1.03 bits per heavy atom. The number of halogens is 1. The number of hydrogen-bond donors (Lipinski definition) is 1. The number of methoxy groups -OCH3 is 1. The first-order valence-corrected chi connectivity index (χ1v) is 15.1. The molecule has 0 unspecified atom stereocenters. The maximum absolute atomic E-state index is 14.0. The van der Waals surface area contributed by atoms with E-state index in [-0.39, 0.29) is 5.92 Å². The van der Waals surface area contributed by atoms with Crippen LogP contribution in [0.5, 0.6) is 5.75 Å². The smallest absolute Gasteiger partial charge is 0.230 e. The first-order valence-electron chi connectivity index (χ1n) is 14.8. The Bertz CT molecular complexity index is 1190. The van der Waals surface area contributed by atoms with Crippen molar-refractivity contribution in [2.45, 2.75) is 82.6 Å². The fourth-order valence-corrected chi connectivity index (χ4v) is 6.51. The summed E-state index contributed by atoms with van der Waals surface area (Å²) in [5.74, 6) is 2.12. The van der Waals surface area contributed by atoms with Crippen LogP contribution >= 0.6 is 11.6 Å². The highest BCUT2D eigenvalue weighted by atomic mass is 35.5. The number of nitrogens with two attached hydrogens (primary N) is 1. The topological polar surface area (TPSA) is 67.9 Å². The van der Waals surface area contributed by atoms with Crippen LogP contribution in [0.3, 0.4) is 0 Å². The first kappa shape index (κ1) is 27.8. The molecule has 5 rings (SSSR count). The summed E-state index contributed by atoms with van der Waals surface area (Å²) in [6.45, 7) is 0.771. The maximum Gasteiger partial charge on any atom is 0.230 e. The molecule has 0 saturated heterocycles. The molecule has 3 fully saturated rings. The molecule has 0 radical (unpaired) electrons. The predicted octanol–water partition coefficient (Wildman–Crippen LogP) is 7.77. The van der Waals surface area contributed by atoms with E-state index in [2.05, 4.69) is 40.2 Å². The molecule has 0 aromatic heterocycles. The van der Waals surface area contributed by atoms with Gasteiger partial charge < -0.3 is 15.4 Å². The van der Waals surface area contributed by atoms with E-state index < -0.39 is 0 Å². The van der Waals surface area contributed by atoms with Crippen LogP contribution in [-0.4, -0.2) is 31.8 Å². The molecule has 2 aromatic carbocycles. The van der Waals surface area contributed by atoms with E-state index in [4.69, 9.17) is 22.1 Å². The molecule has 0 aliphatic heterocycles. The van der Waals surface area contributed by atoms with Gasteiger partial charge in [-0.1, -0.05) is 49.1 Å². The van der Waals surface area contributed by atoms with Crippen molar-refractivity contribution in [2.24, 2.45) is 22.6 Å². The molecule has 39 heavy (non-hydrogen) atoms. The van der Waals surface area contributed by atoms with Crippen LogP contribution in [0.4, 0.5) is 5.69 Å². The number of allylic oxidation sites excluding steroid dienone is 1. The van der Waals surface area contributed by atoms with Crippen LogP contribution in [0.25, 0.3) is 5.57 Å². The summed E-state index contributed by atoms with van der Waals surface area (Å²) in [6, 6.07) is 14.9. The number of carbonyl (C=O) groups excluding carboxylic acids is 1. The van der Waals surface area contributed by atoms with Gasteiger partial charge in [0.25, 0.3) is 0 Å². The molecule has 0 atom stereocenters. The molecule has 0 heterocycles. The average Bonchev–Trinajstić information content (AvgIpc) is 3.81. The van der Waals surface area contributed by atoms with Crippen LogP contribution < -0.4 is 15.4 Å². The van der Waals surface area contributed by atoms with Gasteiger partial charge in [0, 0.05) is 36.1 Å². The largest absolute Gasteiger partial charge is 0.495 e. The number of benzene rings is 2. The van der Waals surface area contributed by atoms with Crippen molar-refractivity contribution in [3.05, 3.63) is 64.8 Å². The zero-order valence-corrected chi connectivity index (χ0v) is 23.9. The SMILES string of the molecule is COc1ccc(C2CCC(CN(C(=O)C3CCCCC3)c3cccc(C(C=NC4CC4)=CN)c3)CC2)cc1Cl. The van der Waals surface area contributed by atoms with Gasteiger partial charge in [0.1, 0.15) is 5.75 Å². The van der Waals surface area contributed by atoms with Gasteiger partial charge in [-0.3, -0.25) is 9.79 Å². The molecule has 3 saturated carbocycles. The van der Waals surface area contributed by atoms with Crippen molar-refractivity contribution in [1.29, 1.82) is 0 Å². The number of ether oxygens (including phenoxy) is 1. The fourth-order valence-electron chi connectivity index (χ4n) is 6.24. The third-order valence-corrected chi connectivity index (χ3v) is 9.09. The quantitative estimate of drug-likeness (QED) is 0.326. The maximum atomic E-state index is 14.0. The van der Waals surface area contributed by atoms with Gasteiger partial charge in [0.05, 0.1) is 18.2 Å². The molecule has 0 spiro atoms. The lowest BCUT2D eigenvalue weighted by Crippen LogP contribution is -2.41. The van der Waals surface area contributed by atoms with Crippen LogP contribution in [0.15, 0.2) is 53.7 Å². The Hall–Kier alpha value is -2.79. The molecule has 5 nitrogen and oxygen atoms in total. The van der Waals surface area contributed by atoms with Crippen LogP contribution in [0, 0.1) is 11.8 Å². The normalized spacial score (nSPS) is 22.7. The lowest BCUT2D eigenvalue weighted by molar-refractivity contribution is -0.123. The van der Waals surface area contributed by atoms with Gasteiger partial charge in [0.2, 0.25) is 5.91 Å². The van der Waals surface area contributed by atoms with Gasteiger partial charge in [-0.25, -0.2) is 0 Å². The Morgan fingerprint density at radius 2 is 1.79 bits per heavy atom. The van der Waals surface area contributed by atoms with Gasteiger partial charge >= 0.3 is 0 Å². The van der Waals surface area contributed by atoms with Crippen molar-refractivity contribution < 1.29 is 9.53 Å². The molecule has 1 amide bonds. The van der Waals surface area contributed by atoms with E-state index in [9.17, 15) is 4.79 Å². The molecule has 2 N–H and O–H groups in total. The zero-order chi connectivity index (χ0) is 27.2. The molecule has 3 aliphatic rings. The molecule has 6 heteroatoms. The monoisotopic (exact) mass is 547 g/mol. The third kappa shape index (κ3) is 7.05. The van der Waals surface area contributed by atoms with E-state index >= 15 is 0 Å². The van der Waals surface area contributed by atoms with Crippen LogP contribution in [0.2, 0.25) is 5.02 Å². The highest BCUT2D eigenvalue weighted by Crippen LogP contribution is 2.39. The van der Waals surface area contributed by atoms with Gasteiger partial charge in [-0.2, -0.15) is 0 Å². The van der Waals surface area contributed by atoms with E-state index in [1.165, 1.54) is 12.0 Å². The average molecular weight is 548 g/mol. The van der Waals surface area contributed by atoms with Crippen molar-refractivity contribution in [3.63, 3.8) is 0 Å². The van der Waals surface area contributed by atoms with Crippen molar-refractivity contribution in [3.8, 4) is 5.75 Å². The Morgan fingerprint density at radius 3 is 2.46 bits per heavy atom. The van der Waals surface area contributed by atoms with E-state index in [1.807, 2.05) is 18.3 Å². The van der Waals surface area contributed by atoms with E-state index in [1.54, 1.807) is 13.3 Å². The Kier molecular flexibility index (Phi) is 9.28. The molecular weight excluding hydrogens is 506 g/mol. The second-order valence-corrected chi connectivity index (χ2v) is 12.0. The molecule has 3 aliphatic carbocycles. The third-order valence-electron chi connectivity index (χ3n) is 8.80. The summed E-state index contributed by atoms with van der Waals surface area (Å²) in [6.07, 6.45) is 15.8. The van der Waals surface area contributed by atoms with Crippen molar-refractivity contribution in [2.75, 3.05) is 18.6 Å². The van der Waals surface area contributed by atoms with Crippen molar-refractivity contribution in [1.82, 2.24) is 0 Å². The number of anilines is 1. The van der Waals surface area contributed by atoms with Crippen molar-refractivity contribution >= 4 is 35.0 Å². The predicted molar refractivity (Wildman–Crippen MR) is 162 cm³/mol. The minimum atomic E-state index is 0.126. The number of rotatable bonds is 9. The molecule has 0 bridgehead atoms. The first-order chi connectivity index (χ1) is 19.1. The van der Waals surface area contributed by atoms with Gasteiger partial charge in [-0.05, 0) is 98.6 Å². The summed E-state index contributed by atoms with van der Waals surface area (Å²) in [5, 5.41) is 0.675. The van der Waals surface area contributed by atoms with Gasteiger partial charge in [0.15, 0.2) is 0 Å². The summed E-state index contributed by atoms with van der Waals surface area (Å²) in [5.41, 5.74) is 10.2. The van der Waals surface area contributed by atoms with E-state index in [0.717, 1.165) is 93.3 Å². The standard InChI is InChI=1S/C33H42ClN3O2/c1-39-32-17-14-27(19-31(32)34)24-12-10-23(11-13-24)22-37(33(38)25-6-3-2-4-7-25)30-9-5-8-26(18-30)28(20-35)21-36-29-15-16-29/h5,8-9,14,17-21,23-25,29H,2-4,6-7,10-13,15-16,22,35H2,1H3. The molecular formula is C33H42ClN3O2. The number of nitrogens with zero attached hydrogens (tertiary/aromatic N) is 2. The Labute approximate surface area is 238 Å². The van der Waals surface area contributed by atoms with E-state index in [0.29, 0.717) is 28.8 Å². The lowest BCUT2D eigenvalue weighted by Gasteiger charge is -2.35. The molecule has 208 valence electrons. The van der Waals surface area contributed by atoms with Crippen LogP contribution in [-0.2, 0) is 4.79 Å². The second kappa shape index (κ2) is 13.0. The number of hydrogen-bond acceptors (Lipinski definition) is 4. The second-order valence-electron chi connectivity index (χ2n) is 11.6. The minimum Gasteiger partial charge on any atom is -0.495 e.